The fraction of sp³-hybridized carbons (Fsp3) is 0.765. The van der Waals surface area contributed by atoms with Crippen molar-refractivity contribution in [3.8, 4) is 0 Å². The summed E-state index contributed by atoms with van der Waals surface area (Å²) >= 11 is 0. The molecule has 4 nitrogen and oxygen atoms in total. The average Bonchev–Trinajstić information content (AvgIpc) is 2.43. The van der Waals surface area contributed by atoms with E-state index < -0.39 is 0 Å². The van der Waals surface area contributed by atoms with E-state index in [4.69, 9.17) is 4.98 Å². The van der Waals surface area contributed by atoms with Gasteiger partial charge in [0.05, 0.1) is 0 Å². The molecular weight excluding hydrogens is 260 g/mol. The Morgan fingerprint density at radius 1 is 1.14 bits per heavy atom. The average molecular weight is 292 g/mol. The predicted octanol–water partition coefficient (Wildman–Crippen LogP) is 4.29. The first-order chi connectivity index (χ1) is 9.85. The molecule has 1 N–H and O–H groups in total. The Bertz CT molecular complexity index is 429. The van der Waals surface area contributed by atoms with Gasteiger partial charge in [0.1, 0.15) is 17.5 Å². The molecule has 0 spiro atoms. The van der Waals surface area contributed by atoms with E-state index >= 15 is 0 Å². The Kier molecular flexibility index (Phi) is 6.93. The topological polar surface area (TPSA) is 41.0 Å². The van der Waals surface area contributed by atoms with Crippen LogP contribution in [0.1, 0.15) is 66.1 Å². The van der Waals surface area contributed by atoms with E-state index in [1.807, 2.05) is 0 Å². The second kappa shape index (κ2) is 8.20. The fourth-order valence-corrected chi connectivity index (χ4v) is 2.30. The van der Waals surface area contributed by atoms with Gasteiger partial charge in [-0.15, -0.1) is 0 Å². The highest BCUT2D eigenvalue weighted by molar-refractivity contribution is 5.49. The van der Waals surface area contributed by atoms with Crippen molar-refractivity contribution in [2.75, 3.05) is 23.8 Å². The highest BCUT2D eigenvalue weighted by atomic mass is 15.2. The molecule has 0 bridgehead atoms. The van der Waals surface area contributed by atoms with Gasteiger partial charge < -0.3 is 10.2 Å². The zero-order valence-electron chi connectivity index (χ0n) is 14.8. The summed E-state index contributed by atoms with van der Waals surface area (Å²) in [6, 6.07) is 2.54. The van der Waals surface area contributed by atoms with Gasteiger partial charge in [-0.25, -0.2) is 9.97 Å². The molecular formula is C17H32N4. The molecule has 0 radical (unpaired) electrons. The van der Waals surface area contributed by atoms with Gasteiger partial charge in [0.15, 0.2) is 0 Å². The SMILES string of the molecule is CCCNc1cc(N(C)C(C)CC(C)C)nc(C(C)C)n1. The van der Waals surface area contributed by atoms with Crippen molar-refractivity contribution in [3.63, 3.8) is 0 Å². The van der Waals surface area contributed by atoms with Crippen LogP contribution in [-0.4, -0.2) is 29.6 Å². The van der Waals surface area contributed by atoms with E-state index in [9.17, 15) is 0 Å². The van der Waals surface area contributed by atoms with Gasteiger partial charge in [0.25, 0.3) is 0 Å². The van der Waals surface area contributed by atoms with Gasteiger partial charge in [-0.1, -0.05) is 34.6 Å². The number of aromatic nitrogens is 2. The van der Waals surface area contributed by atoms with E-state index in [-0.39, 0.29) is 0 Å². The lowest BCUT2D eigenvalue weighted by Crippen LogP contribution is -2.31. The number of nitrogens with zero attached hydrogens (tertiary/aromatic N) is 3. The van der Waals surface area contributed by atoms with Gasteiger partial charge in [-0.3, -0.25) is 0 Å². The second-order valence-electron chi connectivity index (χ2n) is 6.64. The van der Waals surface area contributed by atoms with Crippen LogP contribution in [0, 0.1) is 5.92 Å². The van der Waals surface area contributed by atoms with E-state index in [0.29, 0.717) is 17.9 Å². The zero-order valence-corrected chi connectivity index (χ0v) is 14.8. The summed E-state index contributed by atoms with van der Waals surface area (Å²) in [5, 5.41) is 3.39. The first kappa shape index (κ1) is 17.7. The van der Waals surface area contributed by atoms with Crippen LogP contribution in [0.25, 0.3) is 0 Å². The highest BCUT2D eigenvalue weighted by Gasteiger charge is 2.16. The number of hydrogen-bond donors (Lipinski definition) is 1. The molecule has 0 amide bonds. The lowest BCUT2D eigenvalue weighted by Gasteiger charge is -2.28. The maximum atomic E-state index is 4.74. The van der Waals surface area contributed by atoms with E-state index in [0.717, 1.165) is 36.8 Å². The van der Waals surface area contributed by atoms with Crippen LogP contribution in [0.5, 0.6) is 0 Å². The van der Waals surface area contributed by atoms with Gasteiger partial charge in [-0.2, -0.15) is 0 Å². The minimum absolute atomic E-state index is 0.334. The summed E-state index contributed by atoms with van der Waals surface area (Å²) in [5.74, 6) is 3.89. The summed E-state index contributed by atoms with van der Waals surface area (Å²) < 4.78 is 0. The fourth-order valence-electron chi connectivity index (χ4n) is 2.30. The first-order valence-corrected chi connectivity index (χ1v) is 8.20. The Morgan fingerprint density at radius 3 is 2.33 bits per heavy atom. The molecule has 0 aromatic carbocycles. The molecule has 1 rings (SSSR count). The number of hydrogen-bond acceptors (Lipinski definition) is 4. The molecule has 0 aliphatic carbocycles. The molecule has 0 saturated heterocycles. The van der Waals surface area contributed by atoms with Crippen molar-refractivity contribution < 1.29 is 0 Å². The zero-order chi connectivity index (χ0) is 16.0. The maximum absolute atomic E-state index is 4.74. The second-order valence-corrected chi connectivity index (χ2v) is 6.64. The third-order valence-electron chi connectivity index (χ3n) is 3.64. The quantitative estimate of drug-likeness (QED) is 0.776. The van der Waals surface area contributed by atoms with Crippen molar-refractivity contribution in [1.82, 2.24) is 9.97 Å². The van der Waals surface area contributed by atoms with Crippen LogP contribution in [0.4, 0.5) is 11.6 Å². The van der Waals surface area contributed by atoms with Crippen LogP contribution < -0.4 is 10.2 Å². The van der Waals surface area contributed by atoms with Crippen molar-refractivity contribution >= 4 is 11.6 Å². The van der Waals surface area contributed by atoms with E-state index in [2.05, 4.69) is 69.9 Å². The van der Waals surface area contributed by atoms with Crippen LogP contribution in [-0.2, 0) is 0 Å². The monoisotopic (exact) mass is 292 g/mol. The Hall–Kier alpha value is -1.32. The third-order valence-corrected chi connectivity index (χ3v) is 3.64. The molecule has 1 unspecified atom stereocenters. The highest BCUT2D eigenvalue weighted by Crippen LogP contribution is 2.22. The van der Waals surface area contributed by atoms with Crippen molar-refractivity contribution in [2.45, 2.75) is 66.3 Å². The standard InChI is InChI=1S/C17H32N4/c1-8-9-18-15-11-16(20-17(19-15)13(4)5)21(7)14(6)10-12(2)3/h11-14H,8-10H2,1-7H3,(H,18,19,20). The van der Waals surface area contributed by atoms with Crippen LogP contribution in [0.3, 0.4) is 0 Å². The lowest BCUT2D eigenvalue weighted by atomic mass is 10.0. The molecule has 1 atom stereocenters. The van der Waals surface area contributed by atoms with Gasteiger partial charge in [0, 0.05) is 31.6 Å². The van der Waals surface area contributed by atoms with E-state index in [1.165, 1.54) is 0 Å². The lowest BCUT2D eigenvalue weighted by molar-refractivity contribution is 0.501. The van der Waals surface area contributed by atoms with Gasteiger partial charge in [0.2, 0.25) is 0 Å². The molecule has 0 aliphatic heterocycles. The summed E-state index contributed by atoms with van der Waals surface area (Å²) in [5.41, 5.74) is 0. The summed E-state index contributed by atoms with van der Waals surface area (Å²) in [4.78, 5) is 11.6. The van der Waals surface area contributed by atoms with Crippen LogP contribution in [0.2, 0.25) is 0 Å². The Balaban J connectivity index is 3.00. The Morgan fingerprint density at radius 2 is 1.81 bits per heavy atom. The smallest absolute Gasteiger partial charge is 0.135 e. The molecule has 120 valence electrons. The number of nitrogens with one attached hydrogen (secondary N) is 1. The summed E-state index contributed by atoms with van der Waals surface area (Å²) in [6.45, 7) is 14.2. The molecule has 1 heterocycles. The predicted molar refractivity (Wildman–Crippen MR) is 92.2 cm³/mol. The minimum atomic E-state index is 0.334. The minimum Gasteiger partial charge on any atom is -0.370 e. The normalized spacial score (nSPS) is 12.8. The summed E-state index contributed by atoms with van der Waals surface area (Å²) in [6.07, 6.45) is 2.26. The molecule has 0 fully saturated rings. The van der Waals surface area contributed by atoms with E-state index in [1.54, 1.807) is 0 Å². The van der Waals surface area contributed by atoms with Gasteiger partial charge in [-0.05, 0) is 25.7 Å². The molecule has 4 heteroatoms. The third kappa shape index (κ3) is 5.52. The van der Waals surface area contributed by atoms with Crippen LogP contribution >= 0.6 is 0 Å². The van der Waals surface area contributed by atoms with Crippen molar-refractivity contribution in [2.24, 2.45) is 5.92 Å². The maximum Gasteiger partial charge on any atom is 0.135 e. The summed E-state index contributed by atoms with van der Waals surface area (Å²) in [7, 11) is 2.13. The largest absolute Gasteiger partial charge is 0.370 e. The Labute approximate surface area is 130 Å². The number of anilines is 2. The molecule has 1 aromatic rings. The first-order valence-electron chi connectivity index (χ1n) is 8.20. The molecule has 21 heavy (non-hydrogen) atoms. The molecule has 0 aliphatic rings. The molecule has 1 aromatic heterocycles. The van der Waals surface area contributed by atoms with Crippen LogP contribution in [0.15, 0.2) is 6.07 Å². The van der Waals surface area contributed by atoms with Gasteiger partial charge >= 0.3 is 0 Å². The van der Waals surface area contributed by atoms with Crippen molar-refractivity contribution in [3.05, 3.63) is 11.9 Å². The number of rotatable bonds is 8. The van der Waals surface area contributed by atoms with Crippen molar-refractivity contribution in [1.29, 1.82) is 0 Å². The molecule has 0 saturated carbocycles.